The number of thiazole rings is 1. The Labute approximate surface area is 150 Å². The molecule has 0 spiro atoms. The van der Waals surface area contributed by atoms with Crippen molar-refractivity contribution in [2.24, 2.45) is 0 Å². The standard InChI is InChI=1S/C18H21N3O3S/c1-12-19-16(11-25-12)18(23)20-14-9-17(22)21(10-14)8-7-13-3-5-15(24-2)6-4-13/h3-6,11,14H,7-10H2,1-2H3,(H,20,23). The Bertz CT molecular complexity index is 757. The Morgan fingerprint density at radius 3 is 2.80 bits per heavy atom. The molecule has 0 saturated carbocycles. The zero-order chi connectivity index (χ0) is 17.8. The number of ether oxygens (including phenoxy) is 1. The van der Waals surface area contributed by atoms with E-state index in [-0.39, 0.29) is 17.9 Å². The fourth-order valence-electron chi connectivity index (χ4n) is 2.87. The average molecular weight is 359 g/mol. The van der Waals surface area contributed by atoms with E-state index in [0.717, 1.165) is 22.7 Å². The van der Waals surface area contributed by atoms with Crippen LogP contribution in [0.5, 0.6) is 5.75 Å². The van der Waals surface area contributed by atoms with Gasteiger partial charge in [-0.2, -0.15) is 0 Å². The molecule has 1 aliphatic heterocycles. The van der Waals surface area contributed by atoms with E-state index in [0.29, 0.717) is 25.2 Å². The number of aryl methyl sites for hydroxylation is 1. The predicted molar refractivity (Wildman–Crippen MR) is 96.0 cm³/mol. The second-order valence-corrected chi connectivity index (χ2v) is 7.13. The quantitative estimate of drug-likeness (QED) is 0.857. The number of likely N-dealkylation sites (tertiary alicyclic amines) is 1. The van der Waals surface area contributed by atoms with E-state index in [2.05, 4.69) is 10.3 Å². The summed E-state index contributed by atoms with van der Waals surface area (Å²) in [5.41, 5.74) is 1.57. The number of nitrogens with one attached hydrogen (secondary N) is 1. The molecule has 1 N–H and O–H groups in total. The third kappa shape index (κ3) is 4.36. The van der Waals surface area contributed by atoms with Gasteiger partial charge >= 0.3 is 0 Å². The van der Waals surface area contributed by atoms with Crippen molar-refractivity contribution in [2.75, 3.05) is 20.2 Å². The van der Waals surface area contributed by atoms with Crippen LogP contribution in [0.3, 0.4) is 0 Å². The molecule has 2 amide bonds. The van der Waals surface area contributed by atoms with Crippen LogP contribution in [-0.2, 0) is 11.2 Å². The molecule has 0 bridgehead atoms. The molecule has 7 heteroatoms. The number of nitrogens with zero attached hydrogens (tertiary/aromatic N) is 2. The van der Waals surface area contributed by atoms with E-state index >= 15 is 0 Å². The first-order valence-electron chi connectivity index (χ1n) is 8.19. The highest BCUT2D eigenvalue weighted by atomic mass is 32.1. The summed E-state index contributed by atoms with van der Waals surface area (Å²) in [6.07, 6.45) is 1.12. The highest BCUT2D eigenvalue weighted by Crippen LogP contribution is 2.16. The lowest BCUT2D eigenvalue weighted by Crippen LogP contribution is -2.37. The highest BCUT2D eigenvalue weighted by molar-refractivity contribution is 7.09. The Hall–Kier alpha value is -2.41. The van der Waals surface area contributed by atoms with Crippen molar-refractivity contribution in [3.8, 4) is 5.75 Å². The molecular formula is C18H21N3O3S. The first-order valence-corrected chi connectivity index (χ1v) is 9.07. The minimum Gasteiger partial charge on any atom is -0.497 e. The van der Waals surface area contributed by atoms with Crippen molar-refractivity contribution < 1.29 is 14.3 Å². The lowest BCUT2D eigenvalue weighted by atomic mass is 10.1. The molecule has 25 heavy (non-hydrogen) atoms. The summed E-state index contributed by atoms with van der Waals surface area (Å²) in [6, 6.07) is 7.68. The second-order valence-electron chi connectivity index (χ2n) is 6.06. The minimum atomic E-state index is -0.209. The van der Waals surface area contributed by atoms with Crippen LogP contribution in [0.4, 0.5) is 0 Å². The van der Waals surface area contributed by atoms with E-state index in [4.69, 9.17) is 4.74 Å². The van der Waals surface area contributed by atoms with E-state index in [1.807, 2.05) is 36.1 Å². The van der Waals surface area contributed by atoms with Crippen molar-refractivity contribution in [2.45, 2.75) is 25.8 Å². The zero-order valence-electron chi connectivity index (χ0n) is 14.3. The first kappa shape index (κ1) is 17.4. The van der Waals surface area contributed by atoms with Gasteiger partial charge in [-0.25, -0.2) is 4.98 Å². The third-order valence-electron chi connectivity index (χ3n) is 4.23. The fraction of sp³-hybridized carbons (Fsp3) is 0.389. The summed E-state index contributed by atoms with van der Waals surface area (Å²) in [5.74, 6) is 0.688. The molecule has 1 atom stereocenters. The number of aromatic nitrogens is 1. The summed E-state index contributed by atoms with van der Waals surface area (Å²) in [4.78, 5) is 30.3. The van der Waals surface area contributed by atoms with E-state index in [1.165, 1.54) is 11.3 Å². The lowest BCUT2D eigenvalue weighted by molar-refractivity contribution is -0.127. The maximum absolute atomic E-state index is 12.2. The van der Waals surface area contributed by atoms with Crippen molar-refractivity contribution in [3.63, 3.8) is 0 Å². The van der Waals surface area contributed by atoms with Gasteiger partial charge in [0, 0.05) is 24.9 Å². The molecule has 1 unspecified atom stereocenters. The van der Waals surface area contributed by atoms with Crippen LogP contribution in [0.1, 0.15) is 27.5 Å². The van der Waals surface area contributed by atoms with Crippen LogP contribution in [0, 0.1) is 6.92 Å². The monoisotopic (exact) mass is 359 g/mol. The molecule has 0 aliphatic carbocycles. The molecule has 1 saturated heterocycles. The van der Waals surface area contributed by atoms with Gasteiger partial charge in [-0.3, -0.25) is 9.59 Å². The van der Waals surface area contributed by atoms with Gasteiger partial charge in [-0.05, 0) is 31.0 Å². The maximum Gasteiger partial charge on any atom is 0.271 e. The van der Waals surface area contributed by atoms with Gasteiger partial charge in [-0.1, -0.05) is 12.1 Å². The molecule has 2 aromatic rings. The molecule has 3 rings (SSSR count). The maximum atomic E-state index is 12.2. The van der Waals surface area contributed by atoms with Gasteiger partial charge in [0.05, 0.1) is 18.2 Å². The van der Waals surface area contributed by atoms with Crippen LogP contribution in [0.2, 0.25) is 0 Å². The molecule has 6 nitrogen and oxygen atoms in total. The van der Waals surface area contributed by atoms with Crippen molar-refractivity contribution in [1.29, 1.82) is 0 Å². The summed E-state index contributed by atoms with van der Waals surface area (Å²) >= 11 is 1.44. The Morgan fingerprint density at radius 1 is 1.40 bits per heavy atom. The van der Waals surface area contributed by atoms with Crippen LogP contribution >= 0.6 is 11.3 Å². The number of methoxy groups -OCH3 is 1. The molecule has 1 aromatic heterocycles. The van der Waals surface area contributed by atoms with Crippen molar-refractivity contribution in [1.82, 2.24) is 15.2 Å². The third-order valence-corrected chi connectivity index (χ3v) is 5.00. The topological polar surface area (TPSA) is 71.5 Å². The molecule has 1 aromatic carbocycles. The smallest absolute Gasteiger partial charge is 0.271 e. The number of rotatable bonds is 6. The highest BCUT2D eigenvalue weighted by Gasteiger charge is 2.30. The van der Waals surface area contributed by atoms with Gasteiger partial charge in [-0.15, -0.1) is 11.3 Å². The van der Waals surface area contributed by atoms with Gasteiger partial charge in [0.15, 0.2) is 0 Å². The SMILES string of the molecule is COc1ccc(CCN2CC(NC(=O)c3csc(C)n3)CC2=O)cc1. The summed E-state index contributed by atoms with van der Waals surface area (Å²) in [6.45, 7) is 3.05. The van der Waals surface area contributed by atoms with Crippen LogP contribution in [0.15, 0.2) is 29.6 Å². The molecule has 1 fully saturated rings. The number of amides is 2. The average Bonchev–Trinajstić information content (AvgIpc) is 3.19. The van der Waals surface area contributed by atoms with E-state index in [9.17, 15) is 9.59 Å². The Morgan fingerprint density at radius 2 is 2.16 bits per heavy atom. The molecular weight excluding hydrogens is 338 g/mol. The molecule has 2 heterocycles. The van der Waals surface area contributed by atoms with E-state index in [1.54, 1.807) is 12.5 Å². The number of hydrogen-bond acceptors (Lipinski definition) is 5. The number of carbonyl (C=O) groups excluding carboxylic acids is 2. The molecule has 132 valence electrons. The zero-order valence-corrected chi connectivity index (χ0v) is 15.1. The fourth-order valence-corrected chi connectivity index (χ4v) is 3.46. The minimum absolute atomic E-state index is 0.0771. The summed E-state index contributed by atoms with van der Waals surface area (Å²) in [7, 11) is 1.64. The first-order chi connectivity index (χ1) is 12.0. The predicted octanol–water partition coefficient (Wildman–Crippen LogP) is 2.03. The van der Waals surface area contributed by atoms with Crippen molar-refractivity contribution >= 4 is 23.2 Å². The van der Waals surface area contributed by atoms with Gasteiger partial charge in [0.1, 0.15) is 11.4 Å². The second kappa shape index (κ2) is 7.65. The number of hydrogen-bond donors (Lipinski definition) is 1. The van der Waals surface area contributed by atoms with Crippen LogP contribution in [-0.4, -0.2) is 47.9 Å². The number of benzene rings is 1. The van der Waals surface area contributed by atoms with Crippen LogP contribution < -0.4 is 10.1 Å². The van der Waals surface area contributed by atoms with E-state index < -0.39 is 0 Å². The van der Waals surface area contributed by atoms with Crippen molar-refractivity contribution in [3.05, 3.63) is 45.9 Å². The lowest BCUT2D eigenvalue weighted by Gasteiger charge is -2.17. The van der Waals surface area contributed by atoms with Gasteiger partial charge in [0.2, 0.25) is 5.91 Å². The largest absolute Gasteiger partial charge is 0.497 e. The summed E-state index contributed by atoms with van der Waals surface area (Å²) < 4.78 is 5.14. The van der Waals surface area contributed by atoms with Gasteiger partial charge in [0.25, 0.3) is 5.91 Å². The Kier molecular flexibility index (Phi) is 5.33. The Balaban J connectivity index is 1.50. The molecule has 1 aliphatic rings. The number of carbonyl (C=O) groups is 2. The normalized spacial score (nSPS) is 17.0. The van der Waals surface area contributed by atoms with Gasteiger partial charge < -0.3 is 15.0 Å². The molecule has 0 radical (unpaired) electrons. The van der Waals surface area contributed by atoms with Crippen LogP contribution in [0.25, 0.3) is 0 Å². The summed E-state index contributed by atoms with van der Waals surface area (Å²) in [5, 5.41) is 5.50.